The Labute approximate surface area is 548 Å². The number of azo groups is 1. The Balaban J connectivity index is 0.000000348. The van der Waals surface area contributed by atoms with Crippen molar-refractivity contribution in [1.82, 2.24) is 46.5 Å². The van der Waals surface area contributed by atoms with E-state index in [4.69, 9.17) is 14.5 Å². The smallest absolute Gasteiger partial charge is 0.411 e. The van der Waals surface area contributed by atoms with Crippen molar-refractivity contribution in [2.45, 2.75) is 115 Å². The number of carbonyl (C=O) groups is 6. The van der Waals surface area contributed by atoms with Crippen LogP contribution in [0.1, 0.15) is 110 Å². The summed E-state index contributed by atoms with van der Waals surface area (Å²) >= 11 is 0. The highest BCUT2D eigenvalue weighted by atomic mass is 16.6. The molecule has 0 aliphatic heterocycles. The van der Waals surface area contributed by atoms with Crippen LogP contribution in [-0.4, -0.2) is 134 Å². The van der Waals surface area contributed by atoms with Crippen LogP contribution in [0, 0.1) is 39.0 Å². The number of hydrogen-bond donors (Lipinski definition) is 9. The number of anilines is 4. The molecule has 0 radical (unpaired) electrons. The Morgan fingerprint density at radius 2 is 1.12 bits per heavy atom. The zero-order valence-corrected chi connectivity index (χ0v) is 56.1. The van der Waals surface area contributed by atoms with Gasteiger partial charge in [0.2, 0.25) is 17.7 Å². The summed E-state index contributed by atoms with van der Waals surface area (Å²) in [5.74, 6) is 0.0790. The largest absolute Gasteiger partial charge is 0.453 e. The third kappa shape index (κ3) is 26.6. The first-order chi connectivity index (χ1) is 44.8. The molecule has 9 N–H and O–H groups in total. The highest BCUT2D eigenvalue weighted by Crippen LogP contribution is 2.30. The normalized spacial score (nSPS) is 12.8. The van der Waals surface area contributed by atoms with E-state index in [9.17, 15) is 38.4 Å². The van der Waals surface area contributed by atoms with E-state index >= 15 is 0 Å². The van der Waals surface area contributed by atoms with E-state index in [-0.39, 0.29) is 59.0 Å². The lowest BCUT2D eigenvalue weighted by Crippen LogP contribution is -2.35. The molecular weight excluding hydrogens is 1200 g/mol. The van der Waals surface area contributed by atoms with Gasteiger partial charge in [-0.3, -0.25) is 40.3 Å². The summed E-state index contributed by atoms with van der Waals surface area (Å²) in [6.45, 7) is 26.1. The van der Waals surface area contributed by atoms with E-state index < -0.39 is 30.3 Å². The Bertz CT molecular complexity index is 3620. The SMILES string of the molecule is CCN(CCOC(=O)NCCC(C)(C)CC(C)CNC(=O)Nc1nc(C)cc(=O)[nH]1)c1ccc(N=C2C=C(NC(=O)OC)C(=O)C(C)=C2C)c(C)c1.CCN(CCOC(=O)NCCCCCCNC(=O)Nc1nc(C)cc(=O)[nH]1)c1ccc(N=Nc2ccc(C)cc2)cc1. The summed E-state index contributed by atoms with van der Waals surface area (Å²) in [5, 5.41) is 27.2. The fourth-order valence-corrected chi connectivity index (χ4v) is 9.80. The number of Topliss-reactive ketones (excluding diaryl/α,β-unsaturated/α-hetero) is 1. The number of urea groups is 2. The van der Waals surface area contributed by atoms with E-state index in [1.807, 2.05) is 101 Å². The van der Waals surface area contributed by atoms with Crippen LogP contribution in [0.25, 0.3) is 0 Å². The molecule has 3 aromatic carbocycles. The molecule has 27 nitrogen and oxygen atoms in total. The number of rotatable bonds is 30. The number of aromatic amines is 2. The number of unbranched alkanes of at least 4 members (excludes halogenated alkanes) is 3. The molecule has 7 amide bonds. The molecule has 5 aromatic rings. The van der Waals surface area contributed by atoms with Gasteiger partial charge in [0.05, 0.1) is 48.7 Å². The van der Waals surface area contributed by atoms with E-state index in [1.165, 1.54) is 24.8 Å². The Morgan fingerprint density at radius 1 is 0.606 bits per heavy atom. The number of H-pyrrole nitrogens is 2. The van der Waals surface area contributed by atoms with Crippen molar-refractivity contribution in [3.63, 3.8) is 0 Å². The molecule has 27 heteroatoms. The third-order valence-corrected chi connectivity index (χ3v) is 14.9. The minimum absolute atomic E-state index is 0.0933. The zero-order chi connectivity index (χ0) is 68.7. The number of ketones is 1. The molecule has 1 aliphatic rings. The van der Waals surface area contributed by atoms with Gasteiger partial charge in [0.15, 0.2) is 0 Å². The van der Waals surface area contributed by atoms with Gasteiger partial charge in [-0.25, -0.2) is 38.9 Å². The van der Waals surface area contributed by atoms with Gasteiger partial charge in [0, 0.05) is 79.7 Å². The summed E-state index contributed by atoms with van der Waals surface area (Å²) in [7, 11) is 1.23. The monoisotopic (exact) mass is 1300 g/mol. The third-order valence-electron chi connectivity index (χ3n) is 14.9. The molecule has 6 rings (SSSR count). The van der Waals surface area contributed by atoms with Crippen LogP contribution in [0.3, 0.4) is 0 Å². The Kier molecular flexibility index (Phi) is 30.1. The summed E-state index contributed by atoms with van der Waals surface area (Å²) in [6, 6.07) is 23.3. The number of aryl methyl sites for hydroxylation is 4. The minimum Gasteiger partial charge on any atom is -0.453 e. The number of benzene rings is 3. The summed E-state index contributed by atoms with van der Waals surface area (Å²) in [6.07, 6.45) is 4.83. The summed E-state index contributed by atoms with van der Waals surface area (Å²) in [5.41, 5.74) is 8.49. The molecule has 0 saturated carbocycles. The summed E-state index contributed by atoms with van der Waals surface area (Å²) < 4.78 is 15.5. The highest BCUT2D eigenvalue weighted by molar-refractivity contribution is 6.25. The number of amides is 7. The van der Waals surface area contributed by atoms with E-state index in [1.54, 1.807) is 26.8 Å². The van der Waals surface area contributed by atoms with Crippen molar-refractivity contribution in [1.29, 1.82) is 0 Å². The number of ether oxygens (including phenoxy) is 3. The predicted molar refractivity (Wildman–Crippen MR) is 365 cm³/mol. The topological polar surface area (TPSA) is 349 Å². The second-order valence-corrected chi connectivity index (χ2v) is 23.4. The Morgan fingerprint density at radius 3 is 1.65 bits per heavy atom. The Hall–Kier alpha value is -10.2. The molecule has 1 atom stereocenters. The molecule has 0 fully saturated rings. The van der Waals surface area contributed by atoms with Crippen molar-refractivity contribution in [2.75, 3.05) is 93.1 Å². The number of aliphatic imine (C=N–C) groups is 1. The van der Waals surface area contributed by atoms with Crippen LogP contribution in [0.2, 0.25) is 0 Å². The number of allylic oxidation sites excluding steroid dienone is 3. The maximum atomic E-state index is 12.6. The fourth-order valence-electron chi connectivity index (χ4n) is 9.80. The number of methoxy groups -OCH3 is 1. The first kappa shape index (κ1) is 74.5. The van der Waals surface area contributed by atoms with Crippen LogP contribution < -0.4 is 58.1 Å². The van der Waals surface area contributed by atoms with Gasteiger partial charge >= 0.3 is 30.3 Å². The number of aromatic nitrogens is 4. The number of nitrogens with one attached hydrogen (secondary N) is 9. The van der Waals surface area contributed by atoms with Crippen molar-refractivity contribution in [3.05, 3.63) is 145 Å². The van der Waals surface area contributed by atoms with Crippen molar-refractivity contribution >= 4 is 82.2 Å². The van der Waals surface area contributed by atoms with Gasteiger partial charge < -0.3 is 45.3 Å². The van der Waals surface area contributed by atoms with Crippen LogP contribution in [0.5, 0.6) is 0 Å². The summed E-state index contributed by atoms with van der Waals surface area (Å²) in [4.78, 5) is 118. The molecule has 0 spiro atoms. The number of alkyl carbamates (subject to hydrolysis) is 3. The standard InChI is InChI=1S/C37H52N8O7.C30H40N8O4/c1-10-45(27-11-12-28(23(3)17-27)41-29-19-30(42-36(50)51-9)32(47)26(6)25(29)5)15-16-52-35(49)38-14-13-37(7,8)20-22(2)21-39-34(48)44-33-40-24(4)18-31(46)43-33;1-4-38(26-15-13-25(14-16-26)37-36-24-11-9-22(2)10-12-24)19-20-42-30(41)32-18-8-6-5-7-17-31-29(40)35-28-33-23(3)21-27(39)34-28/h11-12,17-19,22H,10,13-16,20-21H2,1-9H3,(H,38,49)(H,42,50)(H3,39,40,43,44,46,48);9-16,21H,4-8,17-20H2,1-3H3,(H,32,41)(H3,31,33,34,35,39,40). The lowest BCUT2D eigenvalue weighted by molar-refractivity contribution is -0.112. The van der Waals surface area contributed by atoms with Gasteiger partial charge in [0.25, 0.3) is 11.1 Å². The molecule has 1 aliphatic carbocycles. The van der Waals surface area contributed by atoms with Crippen molar-refractivity contribution in [3.8, 4) is 0 Å². The molecule has 2 aromatic heterocycles. The van der Waals surface area contributed by atoms with Crippen LogP contribution in [0.15, 0.2) is 127 Å². The minimum atomic E-state index is -0.730. The second kappa shape index (κ2) is 38.0. The number of hydrogen-bond acceptors (Lipinski definition) is 18. The average Bonchev–Trinajstić information content (AvgIpc) is 0.812. The van der Waals surface area contributed by atoms with Gasteiger partial charge in [-0.2, -0.15) is 10.2 Å². The molecule has 506 valence electrons. The lowest BCUT2D eigenvalue weighted by Gasteiger charge is -2.28. The molecule has 94 heavy (non-hydrogen) atoms. The number of nitrogens with zero attached hydrogens (tertiary/aromatic N) is 7. The van der Waals surface area contributed by atoms with E-state index in [0.717, 1.165) is 72.5 Å². The van der Waals surface area contributed by atoms with Crippen molar-refractivity contribution < 1.29 is 43.0 Å². The average molecular weight is 1300 g/mol. The molecule has 1 unspecified atom stereocenters. The molecule has 0 bridgehead atoms. The first-order valence-corrected chi connectivity index (χ1v) is 31.5. The van der Waals surface area contributed by atoms with E-state index in [2.05, 4.69) is 103 Å². The van der Waals surface area contributed by atoms with Gasteiger partial charge in [0.1, 0.15) is 13.2 Å². The number of carbonyl (C=O) groups excluding carboxylic acids is 6. The first-order valence-electron chi connectivity index (χ1n) is 31.5. The highest BCUT2D eigenvalue weighted by Gasteiger charge is 2.25. The van der Waals surface area contributed by atoms with Crippen LogP contribution in [-0.2, 0) is 19.0 Å². The quantitative estimate of drug-likeness (QED) is 0.00893. The van der Waals surface area contributed by atoms with Crippen LogP contribution >= 0.6 is 0 Å². The van der Waals surface area contributed by atoms with Crippen LogP contribution in [0.4, 0.5) is 64.3 Å². The lowest BCUT2D eigenvalue weighted by atomic mass is 9.80. The molecule has 0 saturated heterocycles. The van der Waals surface area contributed by atoms with Gasteiger partial charge in [-0.1, -0.05) is 51.3 Å². The maximum Gasteiger partial charge on any atom is 0.411 e. The van der Waals surface area contributed by atoms with Gasteiger partial charge in [-0.15, -0.1) is 0 Å². The number of likely N-dealkylation sites (N-methyl/N-ethyl adjacent to an activating group) is 2. The maximum absolute atomic E-state index is 12.6. The van der Waals surface area contributed by atoms with E-state index in [0.29, 0.717) is 80.6 Å². The molecule has 2 heterocycles. The zero-order valence-electron chi connectivity index (χ0n) is 56.1. The molecular formula is C67H92N16O11. The fraction of sp³-hybridized carbons (Fsp3) is 0.448. The van der Waals surface area contributed by atoms with Crippen molar-refractivity contribution in [2.24, 2.45) is 26.6 Å². The van der Waals surface area contributed by atoms with Gasteiger partial charge in [-0.05, 0) is 164 Å². The predicted octanol–water partition coefficient (Wildman–Crippen LogP) is 11.2. The second-order valence-electron chi connectivity index (χ2n) is 23.4.